The lowest BCUT2D eigenvalue weighted by molar-refractivity contribution is 0.0525. The molecule has 0 aliphatic rings. The Bertz CT molecular complexity index is 1020. The molecule has 31 heavy (non-hydrogen) atoms. The highest BCUT2D eigenvalue weighted by Gasteiger charge is 2.20. The summed E-state index contributed by atoms with van der Waals surface area (Å²) in [4.78, 5) is 11.9. The van der Waals surface area contributed by atoms with Gasteiger partial charge in [0.25, 0.3) is 0 Å². The second kappa shape index (κ2) is 9.62. The minimum Gasteiger partial charge on any atom is -0.453 e. The van der Waals surface area contributed by atoms with Gasteiger partial charge in [-0.25, -0.2) is 4.79 Å². The lowest BCUT2D eigenvalue weighted by atomic mass is 10.2. The smallest absolute Gasteiger partial charge is 0.407 e. The summed E-state index contributed by atoms with van der Waals surface area (Å²) >= 11 is 12.2. The number of aromatic nitrogens is 4. The van der Waals surface area contributed by atoms with E-state index in [4.69, 9.17) is 32.7 Å². The highest BCUT2D eigenvalue weighted by molar-refractivity contribution is 6.34. The van der Waals surface area contributed by atoms with Crippen LogP contribution in [0.25, 0.3) is 0 Å². The predicted octanol–water partition coefficient (Wildman–Crippen LogP) is 5.06. The zero-order valence-corrected chi connectivity index (χ0v) is 19.4. The number of rotatable bonds is 7. The Hall–Kier alpha value is -2.71. The fraction of sp³-hybridized carbons (Fsp3) is 0.381. The van der Waals surface area contributed by atoms with Crippen LogP contribution in [0.15, 0.2) is 36.7 Å². The van der Waals surface area contributed by atoms with Gasteiger partial charge in [-0.2, -0.15) is 10.2 Å². The number of alkyl carbamates (subject to hydrolysis) is 1. The Morgan fingerprint density at radius 3 is 2.52 bits per heavy atom. The van der Waals surface area contributed by atoms with E-state index in [0.29, 0.717) is 46.9 Å². The standard InChI is InChI=1S/C21H25Cl2N5O3/c1-14-19(30-17-11-15(22)10-16(23)12-17)18(13-27-8-5-6-25-27)28(26-14)9-7-24-20(29)31-21(2,3)4/h5-6,8,10-12H,7,9,13H2,1-4H3,(H,24,29). The van der Waals surface area contributed by atoms with Crippen LogP contribution in [0.3, 0.4) is 0 Å². The quantitative estimate of drug-likeness (QED) is 0.526. The summed E-state index contributed by atoms with van der Waals surface area (Å²) in [5, 5.41) is 12.6. The first-order valence-electron chi connectivity index (χ1n) is 9.75. The van der Waals surface area contributed by atoms with Crippen molar-refractivity contribution in [2.45, 2.75) is 46.4 Å². The van der Waals surface area contributed by atoms with Gasteiger partial charge in [0.1, 0.15) is 22.7 Å². The molecule has 0 saturated carbocycles. The average Bonchev–Trinajstić information content (AvgIpc) is 3.23. The Morgan fingerprint density at radius 2 is 1.90 bits per heavy atom. The predicted molar refractivity (Wildman–Crippen MR) is 119 cm³/mol. The third-order valence-corrected chi connectivity index (χ3v) is 4.53. The summed E-state index contributed by atoms with van der Waals surface area (Å²) in [5.41, 5.74) is 0.926. The van der Waals surface area contributed by atoms with Crippen molar-refractivity contribution >= 4 is 29.3 Å². The number of amides is 1. The summed E-state index contributed by atoms with van der Waals surface area (Å²) in [5.74, 6) is 1.10. The van der Waals surface area contributed by atoms with Gasteiger partial charge in [-0.3, -0.25) is 9.36 Å². The number of hydrogen-bond acceptors (Lipinski definition) is 5. The topological polar surface area (TPSA) is 83.2 Å². The van der Waals surface area contributed by atoms with Crippen LogP contribution in [0.5, 0.6) is 11.5 Å². The first-order chi connectivity index (χ1) is 14.6. The number of ether oxygens (including phenoxy) is 2. The molecule has 1 aromatic carbocycles. The van der Waals surface area contributed by atoms with Gasteiger partial charge in [-0.1, -0.05) is 23.2 Å². The van der Waals surface area contributed by atoms with Crippen LogP contribution >= 0.6 is 23.2 Å². The maximum absolute atomic E-state index is 11.9. The zero-order chi connectivity index (χ0) is 22.6. The minimum atomic E-state index is -0.559. The van der Waals surface area contributed by atoms with Crippen molar-refractivity contribution in [2.75, 3.05) is 6.54 Å². The van der Waals surface area contributed by atoms with Gasteiger partial charge in [-0.05, 0) is 52.0 Å². The molecular weight excluding hydrogens is 441 g/mol. The molecule has 0 fully saturated rings. The van der Waals surface area contributed by atoms with Gasteiger partial charge < -0.3 is 14.8 Å². The van der Waals surface area contributed by atoms with Gasteiger partial charge in [0, 0.05) is 29.0 Å². The molecule has 0 unspecified atom stereocenters. The number of nitrogens with one attached hydrogen (secondary N) is 1. The molecule has 2 aromatic heterocycles. The first-order valence-corrected chi connectivity index (χ1v) is 10.5. The maximum Gasteiger partial charge on any atom is 0.407 e. The molecule has 8 nitrogen and oxygen atoms in total. The normalized spacial score (nSPS) is 11.4. The molecule has 0 spiro atoms. The average molecular weight is 466 g/mol. The first kappa shape index (κ1) is 23.0. The number of carbonyl (C=O) groups is 1. The lowest BCUT2D eigenvalue weighted by Gasteiger charge is -2.19. The molecule has 0 aliphatic carbocycles. The van der Waals surface area contributed by atoms with Crippen molar-refractivity contribution in [1.29, 1.82) is 0 Å². The zero-order valence-electron chi connectivity index (χ0n) is 17.9. The van der Waals surface area contributed by atoms with Gasteiger partial charge in [-0.15, -0.1) is 0 Å². The highest BCUT2D eigenvalue weighted by atomic mass is 35.5. The third kappa shape index (κ3) is 6.63. The lowest BCUT2D eigenvalue weighted by Crippen LogP contribution is -2.34. The molecule has 1 N–H and O–H groups in total. The molecule has 0 atom stereocenters. The molecule has 166 valence electrons. The minimum absolute atomic E-state index is 0.338. The van der Waals surface area contributed by atoms with Crippen molar-refractivity contribution in [3.8, 4) is 11.5 Å². The number of carbonyl (C=O) groups excluding carboxylic acids is 1. The van der Waals surface area contributed by atoms with Crippen LogP contribution in [0.1, 0.15) is 32.2 Å². The van der Waals surface area contributed by atoms with E-state index in [-0.39, 0.29) is 0 Å². The number of aryl methyl sites for hydroxylation is 1. The number of halogens is 2. The van der Waals surface area contributed by atoms with Crippen LogP contribution in [0.4, 0.5) is 4.79 Å². The molecular formula is C21H25Cl2N5O3. The van der Waals surface area contributed by atoms with E-state index >= 15 is 0 Å². The van der Waals surface area contributed by atoms with Crippen LogP contribution in [-0.4, -0.2) is 37.8 Å². The van der Waals surface area contributed by atoms with Crippen LogP contribution < -0.4 is 10.1 Å². The monoisotopic (exact) mass is 465 g/mol. The van der Waals surface area contributed by atoms with E-state index in [9.17, 15) is 4.79 Å². The SMILES string of the molecule is Cc1nn(CCNC(=O)OC(C)(C)C)c(Cn2cccn2)c1Oc1cc(Cl)cc(Cl)c1. The van der Waals surface area contributed by atoms with Crippen LogP contribution in [0.2, 0.25) is 10.0 Å². The van der Waals surface area contributed by atoms with E-state index < -0.39 is 11.7 Å². The second-order valence-corrected chi connectivity index (χ2v) is 8.80. The number of nitrogens with zero attached hydrogens (tertiary/aromatic N) is 4. The molecule has 0 aliphatic heterocycles. The Morgan fingerprint density at radius 1 is 1.19 bits per heavy atom. The van der Waals surface area contributed by atoms with Crippen LogP contribution in [-0.2, 0) is 17.8 Å². The van der Waals surface area contributed by atoms with Crippen molar-refractivity contribution < 1.29 is 14.3 Å². The van der Waals surface area contributed by atoms with Gasteiger partial charge in [0.15, 0.2) is 5.75 Å². The summed E-state index contributed by atoms with van der Waals surface area (Å²) in [7, 11) is 0. The van der Waals surface area contributed by atoms with Crippen molar-refractivity contribution in [1.82, 2.24) is 24.9 Å². The van der Waals surface area contributed by atoms with E-state index in [1.807, 2.05) is 40.0 Å². The second-order valence-electron chi connectivity index (χ2n) is 7.92. The van der Waals surface area contributed by atoms with Gasteiger partial charge in [0.05, 0.1) is 13.1 Å². The van der Waals surface area contributed by atoms with Gasteiger partial charge >= 0.3 is 6.09 Å². The molecule has 0 saturated heterocycles. The van der Waals surface area contributed by atoms with E-state index in [1.165, 1.54) is 0 Å². The highest BCUT2D eigenvalue weighted by Crippen LogP contribution is 2.32. The fourth-order valence-electron chi connectivity index (χ4n) is 2.91. The summed E-state index contributed by atoms with van der Waals surface area (Å²) in [6.45, 7) is 8.50. The number of hydrogen-bond donors (Lipinski definition) is 1. The summed E-state index contributed by atoms with van der Waals surface area (Å²) < 4.78 is 15.0. The Labute approximate surface area is 191 Å². The van der Waals surface area contributed by atoms with Crippen molar-refractivity contribution in [3.63, 3.8) is 0 Å². The summed E-state index contributed by atoms with van der Waals surface area (Å²) in [6.07, 6.45) is 3.08. The molecule has 10 heteroatoms. The maximum atomic E-state index is 11.9. The van der Waals surface area contributed by atoms with Crippen LogP contribution in [0, 0.1) is 6.92 Å². The molecule has 2 heterocycles. The third-order valence-electron chi connectivity index (χ3n) is 4.09. The number of benzene rings is 1. The molecule has 3 rings (SSSR count). The van der Waals surface area contributed by atoms with E-state index in [2.05, 4.69) is 15.5 Å². The molecule has 0 bridgehead atoms. The molecule has 3 aromatic rings. The largest absolute Gasteiger partial charge is 0.453 e. The molecule has 1 amide bonds. The van der Waals surface area contributed by atoms with E-state index in [0.717, 1.165) is 5.69 Å². The Kier molecular flexibility index (Phi) is 7.12. The molecule has 0 radical (unpaired) electrons. The summed E-state index contributed by atoms with van der Waals surface area (Å²) in [6, 6.07) is 6.85. The van der Waals surface area contributed by atoms with Crippen molar-refractivity contribution in [3.05, 3.63) is 58.1 Å². The van der Waals surface area contributed by atoms with Gasteiger partial charge in [0.2, 0.25) is 0 Å². The Balaban J connectivity index is 1.81. The van der Waals surface area contributed by atoms with E-state index in [1.54, 1.807) is 33.8 Å². The van der Waals surface area contributed by atoms with Crippen molar-refractivity contribution in [2.24, 2.45) is 0 Å². The fourth-order valence-corrected chi connectivity index (χ4v) is 3.42.